The topological polar surface area (TPSA) is 52.6 Å². The largest absolute Gasteiger partial charge is 0.469 e. The van der Waals surface area contributed by atoms with E-state index in [9.17, 15) is 9.59 Å². The number of carbonyl (C=O) groups excluding carboxylic acids is 2. The fraction of sp³-hybridized carbons (Fsp3) is 0.583. The molecule has 2 rings (SSSR count). The number of methoxy groups -OCH3 is 1. The molecule has 0 amide bonds. The number of halogens is 1. The third-order valence-electron chi connectivity index (χ3n) is 5.57. The van der Waals surface area contributed by atoms with Gasteiger partial charge in [-0.1, -0.05) is 17.5 Å². The Morgan fingerprint density at radius 2 is 1.93 bits per heavy atom. The van der Waals surface area contributed by atoms with Gasteiger partial charge in [-0.05, 0) is 76.6 Å². The van der Waals surface area contributed by atoms with Gasteiger partial charge in [-0.3, -0.25) is 9.59 Å². The van der Waals surface area contributed by atoms with Crippen molar-refractivity contribution in [2.45, 2.75) is 78.4 Å². The Morgan fingerprint density at radius 1 is 1.28 bits per heavy atom. The van der Waals surface area contributed by atoms with Crippen LogP contribution in [0.2, 0.25) is 5.02 Å². The second kappa shape index (κ2) is 10.3. The Balaban J connectivity index is 2.14. The van der Waals surface area contributed by atoms with E-state index in [-0.39, 0.29) is 36.8 Å². The zero-order valence-electron chi connectivity index (χ0n) is 18.1. The molecule has 1 aliphatic carbocycles. The van der Waals surface area contributed by atoms with Crippen LogP contribution in [-0.4, -0.2) is 31.1 Å². The van der Waals surface area contributed by atoms with E-state index in [4.69, 9.17) is 21.1 Å². The van der Waals surface area contributed by atoms with Crippen LogP contribution in [0.5, 0.6) is 0 Å². The highest BCUT2D eigenvalue weighted by molar-refractivity contribution is 6.31. The molecule has 0 aromatic heterocycles. The lowest BCUT2D eigenvalue weighted by Gasteiger charge is -2.38. The van der Waals surface area contributed by atoms with Crippen LogP contribution in [0.4, 0.5) is 0 Å². The van der Waals surface area contributed by atoms with Crippen LogP contribution in [0.1, 0.15) is 69.6 Å². The van der Waals surface area contributed by atoms with Crippen molar-refractivity contribution in [2.24, 2.45) is 5.41 Å². The Kier molecular flexibility index (Phi) is 8.31. The summed E-state index contributed by atoms with van der Waals surface area (Å²) in [5.74, 6) is 5.54. The molecule has 5 heteroatoms. The van der Waals surface area contributed by atoms with E-state index < -0.39 is 5.41 Å². The van der Waals surface area contributed by atoms with Gasteiger partial charge in [0.25, 0.3) is 0 Å². The number of esters is 1. The van der Waals surface area contributed by atoms with Crippen molar-refractivity contribution in [1.29, 1.82) is 0 Å². The number of hydrogen-bond donors (Lipinski definition) is 0. The molecule has 0 unspecified atom stereocenters. The molecule has 0 spiro atoms. The minimum atomic E-state index is -0.767. The van der Waals surface area contributed by atoms with Crippen molar-refractivity contribution in [3.05, 3.63) is 33.8 Å². The molecular formula is C24H31ClO4. The van der Waals surface area contributed by atoms with Crippen LogP contribution in [0.15, 0.2) is 12.1 Å². The fourth-order valence-corrected chi connectivity index (χ4v) is 4.52. The molecule has 0 radical (unpaired) electrons. The Hall–Kier alpha value is -1.83. The van der Waals surface area contributed by atoms with E-state index in [1.165, 1.54) is 7.11 Å². The first-order chi connectivity index (χ1) is 13.7. The summed E-state index contributed by atoms with van der Waals surface area (Å²) in [6.45, 7) is 7.72. The maximum absolute atomic E-state index is 13.0. The monoisotopic (exact) mass is 418 g/mol. The van der Waals surface area contributed by atoms with Crippen molar-refractivity contribution in [3.63, 3.8) is 0 Å². The van der Waals surface area contributed by atoms with Crippen LogP contribution < -0.4 is 0 Å². The van der Waals surface area contributed by atoms with Crippen molar-refractivity contribution < 1.29 is 19.1 Å². The summed E-state index contributed by atoms with van der Waals surface area (Å²) in [7, 11) is 1.39. The summed E-state index contributed by atoms with van der Waals surface area (Å²) in [6.07, 6.45) is 3.36. The third kappa shape index (κ3) is 6.07. The van der Waals surface area contributed by atoms with Crippen LogP contribution in [0.3, 0.4) is 0 Å². The highest BCUT2D eigenvalue weighted by atomic mass is 35.5. The summed E-state index contributed by atoms with van der Waals surface area (Å²) in [5.41, 5.74) is 1.80. The number of aryl methyl sites for hydroxylation is 1. The molecule has 1 saturated carbocycles. The smallest absolute Gasteiger partial charge is 0.312 e. The molecule has 1 aliphatic rings. The minimum Gasteiger partial charge on any atom is -0.469 e. The molecule has 29 heavy (non-hydrogen) atoms. The summed E-state index contributed by atoms with van der Waals surface area (Å²) < 4.78 is 11.0. The van der Waals surface area contributed by atoms with Crippen LogP contribution >= 0.6 is 11.6 Å². The number of ketones is 1. The molecule has 1 aromatic rings. The predicted molar refractivity (Wildman–Crippen MR) is 115 cm³/mol. The lowest BCUT2D eigenvalue weighted by molar-refractivity contribution is -0.160. The van der Waals surface area contributed by atoms with Gasteiger partial charge in [-0.2, -0.15) is 0 Å². The molecule has 0 saturated heterocycles. The van der Waals surface area contributed by atoms with Gasteiger partial charge in [0.2, 0.25) is 0 Å². The normalized spacial score (nSPS) is 21.4. The van der Waals surface area contributed by atoms with E-state index in [1.54, 1.807) is 13.0 Å². The minimum absolute atomic E-state index is 0.00189. The van der Waals surface area contributed by atoms with Gasteiger partial charge in [0.1, 0.15) is 5.78 Å². The van der Waals surface area contributed by atoms with Crippen LogP contribution in [-0.2, 0) is 25.5 Å². The van der Waals surface area contributed by atoms with Gasteiger partial charge in [-0.25, -0.2) is 0 Å². The molecule has 4 nitrogen and oxygen atoms in total. The maximum Gasteiger partial charge on any atom is 0.312 e. The van der Waals surface area contributed by atoms with Gasteiger partial charge < -0.3 is 9.47 Å². The van der Waals surface area contributed by atoms with Crippen molar-refractivity contribution in [2.75, 3.05) is 7.11 Å². The molecule has 158 valence electrons. The first-order valence-electron chi connectivity index (χ1n) is 10.2. The lowest BCUT2D eigenvalue weighted by Crippen LogP contribution is -2.40. The standard InChI is InChI=1S/C24H31ClO4/c1-6-7-18-12-17(4)21(22(25)13-18)14-19(26)15-24(23(27)28-5)10-8-20(9-11-24)29-16(2)3/h12-13,16,20H,8-11,14-15H2,1-5H3. The van der Waals surface area contributed by atoms with E-state index in [2.05, 4.69) is 11.8 Å². The Morgan fingerprint density at radius 3 is 2.45 bits per heavy atom. The van der Waals surface area contributed by atoms with Crippen molar-refractivity contribution in [1.82, 2.24) is 0 Å². The van der Waals surface area contributed by atoms with E-state index in [1.807, 2.05) is 26.8 Å². The number of ether oxygens (including phenoxy) is 2. The quantitative estimate of drug-likeness (QED) is 0.459. The summed E-state index contributed by atoms with van der Waals surface area (Å²) in [6, 6.07) is 3.73. The molecule has 0 aliphatic heterocycles. The number of hydrogen-bond acceptors (Lipinski definition) is 4. The molecule has 0 bridgehead atoms. The second-order valence-corrected chi connectivity index (χ2v) is 8.58. The number of carbonyl (C=O) groups is 2. The molecule has 0 heterocycles. The third-order valence-corrected chi connectivity index (χ3v) is 5.91. The summed E-state index contributed by atoms with van der Waals surface area (Å²) >= 11 is 6.42. The van der Waals surface area contributed by atoms with Crippen molar-refractivity contribution >= 4 is 23.4 Å². The highest BCUT2D eigenvalue weighted by Gasteiger charge is 2.44. The highest BCUT2D eigenvalue weighted by Crippen LogP contribution is 2.42. The number of benzene rings is 1. The van der Waals surface area contributed by atoms with E-state index >= 15 is 0 Å². The average Bonchev–Trinajstić information content (AvgIpc) is 2.65. The summed E-state index contributed by atoms with van der Waals surface area (Å²) in [4.78, 5) is 25.6. The molecule has 0 N–H and O–H groups in total. The predicted octanol–water partition coefficient (Wildman–Crippen LogP) is 5.05. The van der Waals surface area contributed by atoms with Gasteiger partial charge in [0.05, 0.1) is 24.7 Å². The first kappa shape index (κ1) is 23.4. The zero-order valence-corrected chi connectivity index (χ0v) is 18.8. The Labute approximate surface area is 179 Å². The maximum atomic E-state index is 13.0. The number of Topliss-reactive ketones (excluding diaryl/α,β-unsaturated/α-hetero) is 1. The molecule has 1 aromatic carbocycles. The van der Waals surface area contributed by atoms with Gasteiger partial charge in [0.15, 0.2) is 0 Å². The SMILES string of the molecule is CC#Cc1cc(C)c(CC(=O)CC2(C(=O)OC)CCC(OC(C)C)CC2)c(Cl)c1. The average molecular weight is 419 g/mol. The Bertz CT molecular complexity index is 785. The van der Waals surface area contributed by atoms with Crippen LogP contribution in [0, 0.1) is 24.2 Å². The lowest BCUT2D eigenvalue weighted by atomic mass is 9.69. The summed E-state index contributed by atoms with van der Waals surface area (Å²) in [5, 5.41) is 0.539. The van der Waals surface area contributed by atoms with Gasteiger partial charge in [-0.15, -0.1) is 5.92 Å². The first-order valence-corrected chi connectivity index (χ1v) is 10.6. The molecule has 1 fully saturated rings. The van der Waals surface area contributed by atoms with Crippen LogP contribution in [0.25, 0.3) is 0 Å². The zero-order chi connectivity index (χ0) is 21.6. The molecular weight excluding hydrogens is 388 g/mol. The van der Waals surface area contributed by atoms with Gasteiger partial charge >= 0.3 is 5.97 Å². The second-order valence-electron chi connectivity index (χ2n) is 8.18. The fourth-order valence-electron chi connectivity index (χ4n) is 4.19. The van der Waals surface area contributed by atoms with Gasteiger partial charge in [0, 0.05) is 23.4 Å². The molecule has 0 atom stereocenters. The van der Waals surface area contributed by atoms with Crippen molar-refractivity contribution in [3.8, 4) is 11.8 Å². The van der Waals surface area contributed by atoms with E-state index in [0.717, 1.165) is 29.5 Å². The van der Waals surface area contributed by atoms with E-state index in [0.29, 0.717) is 17.9 Å². The number of rotatable bonds is 7.